The average Bonchev–Trinajstić information content (AvgIpc) is 3.10. The van der Waals surface area contributed by atoms with Gasteiger partial charge in [-0.1, -0.05) is 47.5 Å². The summed E-state index contributed by atoms with van der Waals surface area (Å²) in [7, 11) is 1.63. The summed E-state index contributed by atoms with van der Waals surface area (Å²) >= 11 is 12.3. The lowest BCUT2D eigenvalue weighted by Gasteiger charge is -2.23. The predicted molar refractivity (Wildman–Crippen MR) is 121 cm³/mol. The molecule has 0 radical (unpaired) electrons. The van der Waals surface area contributed by atoms with Gasteiger partial charge in [-0.15, -0.1) is 0 Å². The van der Waals surface area contributed by atoms with E-state index in [0.717, 1.165) is 28.1 Å². The van der Waals surface area contributed by atoms with Crippen LogP contribution in [-0.4, -0.2) is 27.5 Å². The minimum absolute atomic E-state index is 0.0500. The third kappa shape index (κ3) is 3.74. The van der Waals surface area contributed by atoms with Gasteiger partial charge >= 0.3 is 0 Å². The number of carbonyl (C=O) groups is 1. The Morgan fingerprint density at radius 1 is 1.10 bits per heavy atom. The van der Waals surface area contributed by atoms with Crippen molar-refractivity contribution in [3.8, 4) is 11.1 Å². The first kappa shape index (κ1) is 20.2. The fourth-order valence-electron chi connectivity index (χ4n) is 4.23. The molecule has 1 aliphatic rings. The lowest BCUT2D eigenvalue weighted by molar-refractivity contribution is 0.0962. The summed E-state index contributed by atoms with van der Waals surface area (Å²) in [4.78, 5) is 17.9. The molecular formula is C24H19Cl2N3O2. The maximum absolute atomic E-state index is 13.0. The van der Waals surface area contributed by atoms with Crippen LogP contribution in [0.4, 0.5) is 0 Å². The second kappa shape index (κ2) is 8.08. The molecule has 5 nitrogen and oxygen atoms in total. The molecule has 156 valence electrons. The highest BCUT2D eigenvalue weighted by molar-refractivity contribution is 6.30. The van der Waals surface area contributed by atoms with Crippen LogP contribution >= 0.6 is 23.2 Å². The monoisotopic (exact) mass is 451 g/mol. The van der Waals surface area contributed by atoms with E-state index in [1.807, 2.05) is 48.5 Å². The fourth-order valence-corrected chi connectivity index (χ4v) is 4.55. The molecule has 0 saturated heterocycles. The lowest BCUT2D eigenvalue weighted by atomic mass is 9.82. The number of benzene rings is 2. The Bertz CT molecular complexity index is 1300. The second-order valence-electron chi connectivity index (χ2n) is 7.71. The van der Waals surface area contributed by atoms with E-state index in [4.69, 9.17) is 32.9 Å². The van der Waals surface area contributed by atoms with Crippen molar-refractivity contribution in [1.29, 1.82) is 0 Å². The number of aromatic nitrogens is 3. The van der Waals surface area contributed by atoms with Crippen LogP contribution in [0.3, 0.4) is 0 Å². The first-order chi connectivity index (χ1) is 15.0. The van der Waals surface area contributed by atoms with Crippen LogP contribution in [0.25, 0.3) is 16.8 Å². The number of ketones is 1. The minimum Gasteiger partial charge on any atom is -0.378 e. The molecule has 4 aromatic rings. The Labute approximate surface area is 189 Å². The normalized spacial score (nSPS) is 16.0. The van der Waals surface area contributed by atoms with Crippen molar-refractivity contribution >= 4 is 34.6 Å². The van der Waals surface area contributed by atoms with Crippen LogP contribution in [0.5, 0.6) is 0 Å². The van der Waals surface area contributed by atoms with Crippen LogP contribution in [0.2, 0.25) is 10.0 Å². The largest absolute Gasteiger partial charge is 0.378 e. The SMILES string of the molecule is COCc1nn2cc3c(nc2c1-c1ccc(Cl)cc1)CC(c1cccc(Cl)c1)CC3=O. The van der Waals surface area contributed by atoms with Gasteiger partial charge in [0.15, 0.2) is 11.4 Å². The predicted octanol–water partition coefficient (Wildman–Crippen LogP) is 5.76. The number of nitrogens with zero attached hydrogens (tertiary/aromatic N) is 3. The first-order valence-electron chi connectivity index (χ1n) is 9.98. The summed E-state index contributed by atoms with van der Waals surface area (Å²) in [6.45, 7) is 0.338. The van der Waals surface area contributed by atoms with E-state index in [0.29, 0.717) is 40.7 Å². The summed E-state index contributed by atoms with van der Waals surface area (Å²) in [5.74, 6) is 0.117. The number of hydrogen-bond acceptors (Lipinski definition) is 4. The first-order valence-corrected chi connectivity index (χ1v) is 10.7. The maximum Gasteiger partial charge on any atom is 0.166 e. The van der Waals surface area contributed by atoms with Crippen LogP contribution in [-0.2, 0) is 17.8 Å². The molecule has 2 aromatic carbocycles. The number of rotatable bonds is 4. The molecule has 0 bridgehead atoms. The van der Waals surface area contributed by atoms with Gasteiger partial charge in [-0.25, -0.2) is 9.50 Å². The highest BCUT2D eigenvalue weighted by Gasteiger charge is 2.29. The standard InChI is InChI=1S/C24H19Cl2N3O2/c1-31-13-21-23(14-5-7-17(25)8-6-14)24-27-20-10-16(15-3-2-4-18(26)9-15)11-22(30)19(20)12-29(24)28-21/h2-9,12,16H,10-11,13H2,1H3. The average molecular weight is 452 g/mol. The molecule has 0 amide bonds. The van der Waals surface area contributed by atoms with Crippen LogP contribution in [0.1, 0.15) is 39.6 Å². The molecule has 31 heavy (non-hydrogen) atoms. The summed E-state index contributed by atoms with van der Waals surface area (Å²) in [6.07, 6.45) is 2.90. The molecule has 0 spiro atoms. The van der Waals surface area contributed by atoms with Crippen molar-refractivity contribution in [2.45, 2.75) is 25.4 Å². The van der Waals surface area contributed by atoms with E-state index < -0.39 is 0 Å². The molecule has 2 heterocycles. The molecule has 0 saturated carbocycles. The quantitative estimate of drug-likeness (QED) is 0.395. The summed E-state index contributed by atoms with van der Waals surface area (Å²) in [5, 5.41) is 5.99. The van der Waals surface area contributed by atoms with Crippen LogP contribution in [0.15, 0.2) is 54.7 Å². The summed E-state index contributed by atoms with van der Waals surface area (Å²) in [5.41, 5.74) is 5.77. The molecule has 2 aromatic heterocycles. The molecule has 7 heteroatoms. The second-order valence-corrected chi connectivity index (χ2v) is 8.59. The van der Waals surface area contributed by atoms with Crippen molar-refractivity contribution in [2.24, 2.45) is 0 Å². The number of ether oxygens (including phenoxy) is 1. The zero-order chi connectivity index (χ0) is 21.5. The zero-order valence-electron chi connectivity index (χ0n) is 16.8. The number of Topliss-reactive ketones (excluding diaryl/α,β-unsaturated/α-hetero) is 1. The van der Waals surface area contributed by atoms with Crippen LogP contribution in [0, 0.1) is 0 Å². The molecule has 1 aliphatic carbocycles. The van der Waals surface area contributed by atoms with Crippen molar-refractivity contribution in [3.63, 3.8) is 0 Å². The van der Waals surface area contributed by atoms with Gasteiger partial charge in [-0.3, -0.25) is 4.79 Å². The van der Waals surface area contributed by atoms with Gasteiger partial charge in [0.2, 0.25) is 0 Å². The molecule has 1 unspecified atom stereocenters. The van der Waals surface area contributed by atoms with E-state index in [9.17, 15) is 4.79 Å². The molecule has 0 fully saturated rings. The van der Waals surface area contributed by atoms with Gasteiger partial charge in [-0.05, 0) is 47.7 Å². The highest BCUT2D eigenvalue weighted by Crippen LogP contribution is 2.35. The van der Waals surface area contributed by atoms with E-state index in [-0.39, 0.29) is 11.7 Å². The third-order valence-corrected chi connectivity index (χ3v) is 6.15. The van der Waals surface area contributed by atoms with E-state index in [2.05, 4.69) is 5.10 Å². The Morgan fingerprint density at radius 3 is 2.65 bits per heavy atom. The van der Waals surface area contributed by atoms with Gasteiger partial charge in [0.25, 0.3) is 0 Å². The number of halogens is 2. The summed E-state index contributed by atoms with van der Waals surface area (Å²) in [6, 6.07) is 15.3. The number of fused-ring (bicyclic) bond motifs is 2. The molecule has 1 atom stereocenters. The van der Waals surface area contributed by atoms with Crippen molar-refractivity contribution in [1.82, 2.24) is 14.6 Å². The van der Waals surface area contributed by atoms with Gasteiger partial charge in [0, 0.05) is 29.8 Å². The van der Waals surface area contributed by atoms with E-state index in [1.54, 1.807) is 17.8 Å². The zero-order valence-corrected chi connectivity index (χ0v) is 18.3. The lowest BCUT2D eigenvalue weighted by Crippen LogP contribution is -2.21. The minimum atomic E-state index is 0.0500. The Kier molecular flexibility index (Phi) is 5.26. The topological polar surface area (TPSA) is 56.5 Å². The van der Waals surface area contributed by atoms with Crippen molar-refractivity contribution < 1.29 is 9.53 Å². The highest BCUT2D eigenvalue weighted by atomic mass is 35.5. The Balaban J connectivity index is 1.65. The Hall–Kier alpha value is -2.73. The van der Waals surface area contributed by atoms with Crippen molar-refractivity contribution in [2.75, 3.05) is 7.11 Å². The van der Waals surface area contributed by atoms with Gasteiger partial charge in [-0.2, -0.15) is 5.10 Å². The van der Waals surface area contributed by atoms with E-state index >= 15 is 0 Å². The molecule has 0 N–H and O–H groups in total. The molecule has 5 rings (SSSR count). The van der Waals surface area contributed by atoms with Gasteiger partial charge in [0.05, 0.1) is 29.1 Å². The number of methoxy groups -OCH3 is 1. The third-order valence-electron chi connectivity index (χ3n) is 5.67. The molecule has 0 aliphatic heterocycles. The molecular weight excluding hydrogens is 433 g/mol. The van der Waals surface area contributed by atoms with Crippen LogP contribution < -0.4 is 0 Å². The summed E-state index contributed by atoms with van der Waals surface area (Å²) < 4.78 is 7.06. The fraction of sp³-hybridized carbons (Fsp3) is 0.208. The smallest absolute Gasteiger partial charge is 0.166 e. The van der Waals surface area contributed by atoms with Gasteiger partial charge in [0.1, 0.15) is 0 Å². The maximum atomic E-state index is 13.0. The Morgan fingerprint density at radius 2 is 1.90 bits per heavy atom. The number of carbonyl (C=O) groups excluding carboxylic acids is 1. The van der Waals surface area contributed by atoms with Crippen molar-refractivity contribution in [3.05, 3.63) is 87.3 Å². The number of hydrogen-bond donors (Lipinski definition) is 0. The van der Waals surface area contributed by atoms with Gasteiger partial charge < -0.3 is 4.74 Å². The van der Waals surface area contributed by atoms with E-state index in [1.165, 1.54) is 0 Å².